The van der Waals surface area contributed by atoms with Crippen LogP contribution in [0, 0.1) is 17.6 Å². The van der Waals surface area contributed by atoms with Crippen LogP contribution in [0.25, 0.3) is 33.5 Å². The van der Waals surface area contributed by atoms with E-state index in [0.717, 1.165) is 54.6 Å². The van der Waals surface area contributed by atoms with E-state index in [1.807, 2.05) is 6.07 Å². The molecule has 4 aromatic rings. The van der Waals surface area contributed by atoms with E-state index in [-0.39, 0.29) is 47.2 Å². The summed E-state index contributed by atoms with van der Waals surface area (Å²) in [6, 6.07) is 9.50. The number of aryl methyl sites for hydroxylation is 1. The van der Waals surface area contributed by atoms with Gasteiger partial charge in [0.15, 0.2) is 17.5 Å². The molecule has 1 saturated carbocycles. The SMILES string of the molecule is CCC1CN(CCCO)c2cccc3cc(-c4nc5cc(C(=O)N6C[C@H]7CC[C@@H]6[C@@H]7N)c(F)c(F)c5n4C)n1c23. The minimum absolute atomic E-state index is 0.0374. The zero-order valence-corrected chi connectivity index (χ0v) is 22.8. The molecule has 4 atom stereocenters. The summed E-state index contributed by atoms with van der Waals surface area (Å²) in [5.74, 6) is -1.99. The summed E-state index contributed by atoms with van der Waals surface area (Å²) in [5, 5.41) is 10.5. The van der Waals surface area contributed by atoms with Gasteiger partial charge in [-0.25, -0.2) is 13.8 Å². The number of aliphatic hydroxyl groups is 1. The van der Waals surface area contributed by atoms with Gasteiger partial charge in [-0.3, -0.25) is 4.79 Å². The summed E-state index contributed by atoms with van der Waals surface area (Å²) in [6.45, 7) is 4.28. The van der Waals surface area contributed by atoms with Gasteiger partial charge in [-0.15, -0.1) is 0 Å². The van der Waals surface area contributed by atoms with Crippen LogP contribution in [0.4, 0.5) is 14.5 Å². The zero-order valence-electron chi connectivity index (χ0n) is 22.8. The Morgan fingerprint density at radius 1 is 1.15 bits per heavy atom. The van der Waals surface area contributed by atoms with Crippen molar-refractivity contribution in [3.63, 3.8) is 0 Å². The number of rotatable bonds is 6. The second-order valence-electron chi connectivity index (χ2n) is 11.6. The third kappa shape index (κ3) is 3.48. The first-order chi connectivity index (χ1) is 19.3. The Balaban J connectivity index is 1.36. The summed E-state index contributed by atoms with van der Waals surface area (Å²) in [4.78, 5) is 22.2. The third-order valence-electron chi connectivity index (χ3n) is 9.45. The lowest BCUT2D eigenvalue weighted by atomic mass is 10.1. The van der Waals surface area contributed by atoms with Crippen LogP contribution in [0.5, 0.6) is 0 Å². The molecule has 2 fully saturated rings. The minimum atomic E-state index is -1.14. The molecule has 210 valence electrons. The normalized spacial score (nSPS) is 23.8. The van der Waals surface area contributed by atoms with Gasteiger partial charge < -0.3 is 29.8 Å². The number of hydrogen-bond donors (Lipinski definition) is 2. The van der Waals surface area contributed by atoms with Crippen molar-refractivity contribution in [1.82, 2.24) is 19.0 Å². The molecule has 40 heavy (non-hydrogen) atoms. The fraction of sp³-hybridized carbons (Fsp3) is 0.467. The molecule has 4 heterocycles. The van der Waals surface area contributed by atoms with Gasteiger partial charge in [0, 0.05) is 50.8 Å². The number of carbonyl (C=O) groups excluding carboxylic acids is 1. The van der Waals surface area contributed by atoms with Crippen LogP contribution < -0.4 is 10.6 Å². The quantitative estimate of drug-likeness (QED) is 0.377. The summed E-state index contributed by atoms with van der Waals surface area (Å²) in [6.07, 6.45) is 3.30. The number of imidazole rings is 1. The van der Waals surface area contributed by atoms with Gasteiger partial charge in [0.2, 0.25) is 0 Å². The maximum absolute atomic E-state index is 15.7. The number of amides is 1. The fourth-order valence-corrected chi connectivity index (χ4v) is 7.41. The monoisotopic (exact) mass is 548 g/mol. The van der Waals surface area contributed by atoms with E-state index in [1.54, 1.807) is 16.5 Å². The van der Waals surface area contributed by atoms with E-state index in [1.165, 1.54) is 6.07 Å². The van der Waals surface area contributed by atoms with Crippen molar-refractivity contribution >= 4 is 33.5 Å². The number of carbonyl (C=O) groups is 1. The van der Waals surface area contributed by atoms with Gasteiger partial charge in [-0.05, 0) is 49.8 Å². The first-order valence-electron chi connectivity index (χ1n) is 14.2. The van der Waals surface area contributed by atoms with Crippen molar-refractivity contribution in [2.45, 2.75) is 50.7 Å². The molecule has 8 nitrogen and oxygen atoms in total. The predicted octanol–water partition coefficient (Wildman–Crippen LogP) is 4.19. The average molecular weight is 549 g/mol. The van der Waals surface area contributed by atoms with Crippen molar-refractivity contribution in [1.29, 1.82) is 0 Å². The highest BCUT2D eigenvalue weighted by atomic mass is 19.2. The molecule has 2 bridgehead atoms. The van der Waals surface area contributed by atoms with Gasteiger partial charge in [-0.1, -0.05) is 19.1 Å². The van der Waals surface area contributed by atoms with Crippen LogP contribution >= 0.6 is 0 Å². The third-order valence-corrected chi connectivity index (χ3v) is 9.45. The Morgan fingerprint density at radius 2 is 1.98 bits per heavy atom. The Morgan fingerprint density at radius 3 is 2.67 bits per heavy atom. The van der Waals surface area contributed by atoms with E-state index < -0.39 is 17.5 Å². The number of aromatic nitrogens is 3. The lowest BCUT2D eigenvalue weighted by Crippen LogP contribution is -2.41. The van der Waals surface area contributed by atoms with Gasteiger partial charge in [0.1, 0.15) is 5.52 Å². The molecular weight excluding hydrogens is 514 g/mol. The van der Waals surface area contributed by atoms with Crippen LogP contribution in [0.1, 0.15) is 49.0 Å². The maximum atomic E-state index is 15.7. The van der Waals surface area contributed by atoms with Gasteiger partial charge in [-0.2, -0.15) is 0 Å². The number of para-hydroxylation sites is 1. The summed E-state index contributed by atoms with van der Waals surface area (Å²) in [5.41, 5.74) is 9.26. The highest BCUT2D eigenvalue weighted by molar-refractivity contribution is 6.00. The van der Waals surface area contributed by atoms with Crippen molar-refractivity contribution in [3.8, 4) is 11.5 Å². The van der Waals surface area contributed by atoms with E-state index >= 15 is 8.78 Å². The van der Waals surface area contributed by atoms with Crippen LogP contribution in [-0.2, 0) is 7.05 Å². The molecule has 0 spiro atoms. The number of nitrogens with two attached hydrogens (primary N) is 1. The van der Waals surface area contributed by atoms with E-state index in [9.17, 15) is 9.90 Å². The van der Waals surface area contributed by atoms with E-state index in [0.29, 0.717) is 18.8 Å². The summed E-state index contributed by atoms with van der Waals surface area (Å²) in [7, 11) is 1.69. The molecule has 1 saturated heterocycles. The Kier molecular flexibility index (Phi) is 5.90. The maximum Gasteiger partial charge on any atom is 0.257 e. The van der Waals surface area contributed by atoms with Gasteiger partial charge in [0.25, 0.3) is 5.91 Å². The molecular formula is C30H34F2N6O2. The largest absolute Gasteiger partial charge is 0.396 e. The van der Waals surface area contributed by atoms with Crippen LogP contribution in [0.15, 0.2) is 30.3 Å². The standard InChI is InChI=1S/C30H34F2N6O2/c1-3-18-15-36(10-5-11-39)22-7-4-6-16-12-23(38(18)27(16)22)29-34-20-13-19(24(31)25(32)28(20)35(29)2)30(40)37-14-17-8-9-21(37)26(17)33/h4,6-7,12-13,17-18,21,26,39H,3,5,8-11,14-15,33H2,1-2H3/t17-,18?,21-,26-/m1/s1. The first-order valence-corrected chi connectivity index (χ1v) is 14.2. The Bertz CT molecular complexity index is 1660. The number of piperidine rings is 1. The Hall–Kier alpha value is -3.50. The number of likely N-dealkylation sites (tertiary alicyclic amines) is 1. The molecule has 1 aliphatic carbocycles. The molecule has 2 aromatic carbocycles. The van der Waals surface area contributed by atoms with Crippen LogP contribution in [0.3, 0.4) is 0 Å². The minimum Gasteiger partial charge on any atom is -0.396 e. The van der Waals surface area contributed by atoms with Crippen LogP contribution in [-0.4, -0.2) is 68.4 Å². The number of benzene rings is 2. The molecule has 0 radical (unpaired) electrons. The highest BCUT2D eigenvalue weighted by Crippen LogP contribution is 2.43. The van der Waals surface area contributed by atoms with Crippen molar-refractivity contribution in [2.24, 2.45) is 18.7 Å². The van der Waals surface area contributed by atoms with E-state index in [4.69, 9.17) is 10.7 Å². The summed E-state index contributed by atoms with van der Waals surface area (Å²) < 4.78 is 35.0. The molecule has 3 N–H and O–H groups in total. The number of fused-ring (bicyclic) bond motifs is 3. The zero-order chi connectivity index (χ0) is 27.9. The smallest absolute Gasteiger partial charge is 0.257 e. The highest BCUT2D eigenvalue weighted by Gasteiger charge is 2.47. The second-order valence-corrected chi connectivity index (χ2v) is 11.6. The van der Waals surface area contributed by atoms with E-state index in [2.05, 4.69) is 34.6 Å². The lowest BCUT2D eigenvalue weighted by molar-refractivity contribution is 0.0695. The number of nitrogens with zero attached hydrogens (tertiary/aromatic N) is 5. The molecule has 1 unspecified atom stereocenters. The summed E-state index contributed by atoms with van der Waals surface area (Å²) >= 11 is 0. The lowest BCUT2D eigenvalue weighted by Gasteiger charge is -2.36. The van der Waals surface area contributed by atoms with Gasteiger partial charge >= 0.3 is 0 Å². The fourth-order valence-electron chi connectivity index (χ4n) is 7.41. The van der Waals surface area contributed by atoms with Crippen molar-refractivity contribution in [3.05, 3.63) is 47.5 Å². The molecule has 10 heteroatoms. The number of aliphatic hydroxyl groups excluding tert-OH is 1. The average Bonchev–Trinajstić information content (AvgIpc) is 3.70. The molecule has 7 rings (SSSR count). The Labute approximate surface area is 231 Å². The van der Waals surface area contributed by atoms with Crippen LogP contribution in [0.2, 0.25) is 0 Å². The number of halogens is 2. The molecule has 3 aliphatic rings. The molecule has 1 amide bonds. The van der Waals surface area contributed by atoms with Crippen molar-refractivity contribution < 1.29 is 18.7 Å². The molecule has 2 aliphatic heterocycles. The predicted molar refractivity (Wildman–Crippen MR) is 150 cm³/mol. The number of anilines is 1. The first kappa shape index (κ1) is 25.5. The second kappa shape index (κ2) is 9.27. The molecule has 2 aromatic heterocycles. The van der Waals surface area contributed by atoms with Gasteiger partial charge in [0.05, 0.1) is 34.0 Å². The number of hydrogen-bond acceptors (Lipinski definition) is 5. The van der Waals surface area contributed by atoms with Crippen molar-refractivity contribution in [2.75, 3.05) is 31.1 Å². The topological polar surface area (TPSA) is 92.6 Å².